The third-order valence-electron chi connectivity index (χ3n) is 4.71. The van der Waals surface area contributed by atoms with Crippen molar-refractivity contribution >= 4 is 23.5 Å². The minimum atomic E-state index is -1.05. The zero-order valence-corrected chi connectivity index (χ0v) is 14.8. The molecule has 1 atom stereocenters. The molecule has 1 saturated carbocycles. The third-order valence-corrected chi connectivity index (χ3v) is 4.71. The molecule has 6 heteroatoms. The van der Waals surface area contributed by atoms with Gasteiger partial charge in [0, 0.05) is 12.1 Å². The van der Waals surface area contributed by atoms with Crippen LogP contribution in [0.25, 0.3) is 0 Å². The van der Waals surface area contributed by atoms with Crippen LogP contribution < -0.4 is 10.6 Å². The first-order valence-electron chi connectivity index (χ1n) is 8.81. The number of hydrogen-bond donors (Lipinski definition) is 3. The maximum absolute atomic E-state index is 12.3. The number of benzene rings is 1. The highest BCUT2D eigenvalue weighted by atomic mass is 16.4. The maximum atomic E-state index is 12.3. The predicted octanol–water partition coefficient (Wildman–Crippen LogP) is 3.11. The number of nitrogens with one attached hydrogen (secondary N) is 2. The fourth-order valence-corrected chi connectivity index (χ4v) is 3.15. The second-order valence-corrected chi connectivity index (χ2v) is 6.82. The van der Waals surface area contributed by atoms with E-state index < -0.39 is 12.0 Å². The number of anilines is 1. The van der Waals surface area contributed by atoms with Crippen molar-refractivity contribution in [1.29, 1.82) is 0 Å². The van der Waals surface area contributed by atoms with E-state index in [9.17, 15) is 14.4 Å². The van der Waals surface area contributed by atoms with Crippen molar-refractivity contribution in [3.63, 3.8) is 0 Å². The van der Waals surface area contributed by atoms with Crippen LogP contribution in [0.15, 0.2) is 18.2 Å². The van der Waals surface area contributed by atoms with Crippen molar-refractivity contribution in [2.75, 3.05) is 5.32 Å². The van der Waals surface area contributed by atoms with Gasteiger partial charge >= 0.3 is 5.97 Å². The quantitative estimate of drug-likeness (QED) is 0.737. The monoisotopic (exact) mass is 346 g/mol. The fourth-order valence-electron chi connectivity index (χ4n) is 3.15. The molecule has 0 saturated heterocycles. The lowest BCUT2D eigenvalue weighted by Gasteiger charge is -2.22. The fraction of sp³-hybridized carbons (Fsp3) is 0.526. The summed E-state index contributed by atoms with van der Waals surface area (Å²) < 4.78 is 0. The number of carbonyl (C=O) groups is 3. The van der Waals surface area contributed by atoms with Crippen molar-refractivity contribution in [2.24, 2.45) is 5.92 Å². The Balaban J connectivity index is 1.90. The van der Waals surface area contributed by atoms with Crippen LogP contribution in [0.5, 0.6) is 0 Å². The standard InChI is InChI=1S/C19H26N2O4/c1-12-8-9-15(19(24)25)11-16(12)21-18(23)13(2)20-17(22)10-14-6-4-3-5-7-14/h8-9,11,13-14H,3-7,10H2,1-2H3,(H,20,22)(H,21,23)(H,24,25)/t13-/m1/s1. The Labute approximate surface area is 148 Å². The lowest BCUT2D eigenvalue weighted by atomic mass is 9.87. The molecule has 1 aromatic rings. The Morgan fingerprint density at radius 2 is 1.88 bits per heavy atom. The minimum Gasteiger partial charge on any atom is -0.478 e. The van der Waals surface area contributed by atoms with Gasteiger partial charge < -0.3 is 15.7 Å². The van der Waals surface area contributed by atoms with E-state index >= 15 is 0 Å². The summed E-state index contributed by atoms with van der Waals surface area (Å²) in [5.74, 6) is -1.10. The van der Waals surface area contributed by atoms with Crippen LogP contribution in [-0.2, 0) is 9.59 Å². The highest BCUT2D eigenvalue weighted by Crippen LogP contribution is 2.26. The summed E-state index contributed by atoms with van der Waals surface area (Å²) in [6.45, 7) is 3.41. The summed E-state index contributed by atoms with van der Waals surface area (Å²) in [6, 6.07) is 3.88. The van der Waals surface area contributed by atoms with E-state index in [0.717, 1.165) is 18.4 Å². The van der Waals surface area contributed by atoms with Crippen molar-refractivity contribution in [3.05, 3.63) is 29.3 Å². The molecule has 0 aliphatic heterocycles. The van der Waals surface area contributed by atoms with Gasteiger partial charge in [-0.25, -0.2) is 4.79 Å². The second kappa shape index (κ2) is 8.65. The average Bonchev–Trinajstić information content (AvgIpc) is 2.57. The number of carboxylic acids is 1. The van der Waals surface area contributed by atoms with Crippen molar-refractivity contribution < 1.29 is 19.5 Å². The van der Waals surface area contributed by atoms with Gasteiger partial charge in [-0.1, -0.05) is 25.3 Å². The molecule has 1 aromatic carbocycles. The van der Waals surface area contributed by atoms with Crippen LogP contribution in [0.4, 0.5) is 5.69 Å². The molecule has 1 fully saturated rings. The van der Waals surface area contributed by atoms with Crippen LogP contribution in [0.3, 0.4) is 0 Å². The molecule has 6 nitrogen and oxygen atoms in total. The van der Waals surface area contributed by atoms with Gasteiger partial charge in [0.1, 0.15) is 6.04 Å². The van der Waals surface area contributed by atoms with E-state index in [2.05, 4.69) is 10.6 Å². The van der Waals surface area contributed by atoms with Crippen LogP contribution in [0, 0.1) is 12.8 Å². The molecule has 0 bridgehead atoms. The van der Waals surface area contributed by atoms with E-state index in [4.69, 9.17) is 5.11 Å². The third kappa shape index (κ3) is 5.59. The molecule has 2 rings (SSSR count). The Hall–Kier alpha value is -2.37. The molecule has 1 aliphatic rings. The lowest BCUT2D eigenvalue weighted by Crippen LogP contribution is -2.42. The number of aromatic carboxylic acids is 1. The number of hydrogen-bond acceptors (Lipinski definition) is 3. The molecule has 0 radical (unpaired) electrons. The SMILES string of the molecule is Cc1ccc(C(=O)O)cc1NC(=O)[C@@H](C)NC(=O)CC1CCCCC1. The number of carboxylic acid groups (broad SMARTS) is 1. The van der Waals surface area contributed by atoms with Gasteiger partial charge in [0.25, 0.3) is 0 Å². The summed E-state index contributed by atoms with van der Waals surface area (Å²) in [5.41, 5.74) is 1.31. The molecule has 3 N–H and O–H groups in total. The van der Waals surface area contributed by atoms with E-state index in [-0.39, 0.29) is 17.4 Å². The van der Waals surface area contributed by atoms with E-state index in [1.165, 1.54) is 31.4 Å². The topological polar surface area (TPSA) is 95.5 Å². The first kappa shape index (κ1) is 19.0. The highest BCUT2D eigenvalue weighted by molar-refractivity contribution is 5.98. The van der Waals surface area contributed by atoms with Gasteiger partial charge in [0.15, 0.2) is 0 Å². The van der Waals surface area contributed by atoms with Crippen LogP contribution in [-0.4, -0.2) is 28.9 Å². The Morgan fingerprint density at radius 3 is 2.52 bits per heavy atom. The minimum absolute atomic E-state index is 0.106. The maximum Gasteiger partial charge on any atom is 0.335 e. The molecular weight excluding hydrogens is 320 g/mol. The van der Waals surface area contributed by atoms with Crippen LogP contribution in [0.2, 0.25) is 0 Å². The van der Waals surface area contributed by atoms with E-state index in [0.29, 0.717) is 18.0 Å². The number of amides is 2. The Kier molecular flexibility index (Phi) is 6.56. The number of carbonyl (C=O) groups excluding carboxylic acids is 2. The van der Waals surface area contributed by atoms with Gasteiger partial charge in [-0.05, 0) is 50.3 Å². The van der Waals surface area contributed by atoms with Gasteiger partial charge in [-0.2, -0.15) is 0 Å². The molecular formula is C19H26N2O4. The molecule has 0 aromatic heterocycles. The average molecular weight is 346 g/mol. The molecule has 2 amide bonds. The van der Waals surface area contributed by atoms with Gasteiger partial charge in [-0.15, -0.1) is 0 Å². The van der Waals surface area contributed by atoms with Crippen molar-refractivity contribution in [3.8, 4) is 0 Å². The van der Waals surface area contributed by atoms with Gasteiger partial charge in [-0.3, -0.25) is 9.59 Å². The van der Waals surface area contributed by atoms with E-state index in [1.54, 1.807) is 19.9 Å². The van der Waals surface area contributed by atoms with Gasteiger partial charge in [0.2, 0.25) is 11.8 Å². The summed E-state index contributed by atoms with van der Waals surface area (Å²) in [7, 11) is 0. The highest BCUT2D eigenvalue weighted by Gasteiger charge is 2.21. The smallest absolute Gasteiger partial charge is 0.335 e. The lowest BCUT2D eigenvalue weighted by molar-refractivity contribution is -0.126. The zero-order valence-electron chi connectivity index (χ0n) is 14.8. The number of aryl methyl sites for hydroxylation is 1. The molecule has 0 unspecified atom stereocenters. The molecule has 1 aliphatic carbocycles. The van der Waals surface area contributed by atoms with Crippen LogP contribution in [0.1, 0.15) is 61.4 Å². The first-order valence-corrected chi connectivity index (χ1v) is 8.81. The zero-order chi connectivity index (χ0) is 18.4. The first-order chi connectivity index (χ1) is 11.9. The van der Waals surface area contributed by atoms with Gasteiger partial charge in [0.05, 0.1) is 5.56 Å². The molecule has 0 spiro atoms. The summed E-state index contributed by atoms with van der Waals surface area (Å²) in [5, 5.41) is 14.5. The van der Waals surface area contributed by atoms with Crippen LogP contribution >= 0.6 is 0 Å². The van der Waals surface area contributed by atoms with Crippen molar-refractivity contribution in [2.45, 2.75) is 58.4 Å². The predicted molar refractivity (Wildman–Crippen MR) is 95.6 cm³/mol. The summed E-state index contributed by atoms with van der Waals surface area (Å²) in [4.78, 5) is 35.5. The number of rotatable bonds is 6. The molecule has 136 valence electrons. The normalized spacial score (nSPS) is 16.1. The van der Waals surface area contributed by atoms with Crippen molar-refractivity contribution in [1.82, 2.24) is 5.32 Å². The molecule has 25 heavy (non-hydrogen) atoms. The summed E-state index contributed by atoms with van der Waals surface area (Å²) in [6.07, 6.45) is 6.21. The summed E-state index contributed by atoms with van der Waals surface area (Å²) >= 11 is 0. The van der Waals surface area contributed by atoms with E-state index in [1.807, 2.05) is 0 Å². The Bertz CT molecular complexity index is 651. The molecule has 0 heterocycles. The second-order valence-electron chi connectivity index (χ2n) is 6.82. The largest absolute Gasteiger partial charge is 0.478 e. The Morgan fingerprint density at radius 1 is 1.20 bits per heavy atom.